The Morgan fingerprint density at radius 3 is 2.59 bits per heavy atom. The molecule has 4 rings (SSSR count). The number of carbonyl (C=O) groups is 1. The van der Waals surface area contributed by atoms with Crippen LogP contribution in [0.3, 0.4) is 0 Å². The Balaban J connectivity index is 1.42. The zero-order chi connectivity index (χ0) is 18.6. The number of anilines is 1. The van der Waals surface area contributed by atoms with Crippen LogP contribution in [-0.4, -0.2) is 10.9 Å². The third kappa shape index (κ3) is 4.15. The van der Waals surface area contributed by atoms with E-state index in [4.69, 9.17) is 4.42 Å². The van der Waals surface area contributed by atoms with E-state index in [-0.39, 0.29) is 11.7 Å². The topological polar surface area (TPSA) is 55.1 Å². The molecule has 0 aliphatic heterocycles. The Morgan fingerprint density at radius 2 is 1.81 bits per heavy atom. The van der Waals surface area contributed by atoms with E-state index in [2.05, 4.69) is 41.5 Å². The molecule has 5 heteroatoms. The molecular weight excluding hydrogens is 356 g/mol. The predicted molar refractivity (Wildman–Crippen MR) is 108 cm³/mol. The number of aryl methyl sites for hydroxylation is 1. The van der Waals surface area contributed by atoms with E-state index in [1.54, 1.807) is 18.3 Å². The predicted octanol–water partition coefficient (Wildman–Crippen LogP) is 5.55. The van der Waals surface area contributed by atoms with Gasteiger partial charge in [0, 0.05) is 23.1 Å². The van der Waals surface area contributed by atoms with Crippen molar-refractivity contribution in [3.05, 3.63) is 94.7 Å². The van der Waals surface area contributed by atoms with Crippen LogP contribution < -0.4 is 5.32 Å². The molecule has 1 N–H and O–H groups in total. The van der Waals surface area contributed by atoms with Crippen molar-refractivity contribution in [1.29, 1.82) is 0 Å². The van der Waals surface area contributed by atoms with Gasteiger partial charge in [-0.3, -0.25) is 10.1 Å². The molecule has 0 unspecified atom stereocenters. The van der Waals surface area contributed by atoms with Crippen molar-refractivity contribution >= 4 is 22.4 Å². The number of hydrogen-bond acceptors (Lipinski definition) is 4. The van der Waals surface area contributed by atoms with Crippen molar-refractivity contribution in [2.75, 3.05) is 5.32 Å². The smallest absolute Gasteiger partial charge is 0.293 e. The number of hydrogen-bond donors (Lipinski definition) is 1. The van der Waals surface area contributed by atoms with E-state index in [1.807, 2.05) is 30.3 Å². The Bertz CT molecular complexity index is 1050. The van der Waals surface area contributed by atoms with Gasteiger partial charge in [0.25, 0.3) is 5.91 Å². The minimum absolute atomic E-state index is 0.268. The van der Waals surface area contributed by atoms with Crippen LogP contribution in [0.2, 0.25) is 0 Å². The SMILES string of the molecule is Cc1ccc(Cc2cnc(NC(=O)c3ccc(-c4ccccc4)o3)s2)cc1. The molecule has 4 nitrogen and oxygen atoms in total. The highest BCUT2D eigenvalue weighted by Gasteiger charge is 2.14. The standard InChI is InChI=1S/C22H18N2O2S/c1-15-7-9-16(10-8-15)13-18-14-23-22(27-18)24-21(25)20-12-11-19(26-20)17-5-3-2-4-6-17/h2-12,14H,13H2,1H3,(H,23,24,25). The van der Waals surface area contributed by atoms with Gasteiger partial charge >= 0.3 is 0 Å². The summed E-state index contributed by atoms with van der Waals surface area (Å²) in [4.78, 5) is 17.8. The van der Waals surface area contributed by atoms with Gasteiger partial charge in [-0.25, -0.2) is 4.98 Å². The minimum atomic E-state index is -0.298. The first-order valence-corrected chi connectivity index (χ1v) is 9.46. The third-order valence-electron chi connectivity index (χ3n) is 4.16. The molecule has 2 heterocycles. The number of rotatable bonds is 5. The van der Waals surface area contributed by atoms with Crippen molar-refractivity contribution in [2.24, 2.45) is 0 Å². The minimum Gasteiger partial charge on any atom is -0.451 e. The maximum absolute atomic E-state index is 12.4. The lowest BCUT2D eigenvalue weighted by molar-refractivity contribution is 0.0997. The van der Waals surface area contributed by atoms with Gasteiger partial charge in [-0.2, -0.15) is 0 Å². The van der Waals surface area contributed by atoms with Gasteiger partial charge in [-0.1, -0.05) is 60.2 Å². The number of nitrogens with zero attached hydrogens (tertiary/aromatic N) is 1. The van der Waals surface area contributed by atoms with Gasteiger partial charge in [0.1, 0.15) is 5.76 Å². The number of thiazole rings is 1. The fourth-order valence-corrected chi connectivity index (χ4v) is 3.57. The normalized spacial score (nSPS) is 10.7. The average Bonchev–Trinajstić information content (AvgIpc) is 3.34. The molecule has 2 aromatic heterocycles. The van der Waals surface area contributed by atoms with Crippen molar-refractivity contribution in [3.8, 4) is 11.3 Å². The van der Waals surface area contributed by atoms with Crippen molar-refractivity contribution < 1.29 is 9.21 Å². The van der Waals surface area contributed by atoms with Gasteiger partial charge in [-0.15, -0.1) is 11.3 Å². The van der Waals surface area contributed by atoms with Gasteiger partial charge < -0.3 is 4.42 Å². The highest BCUT2D eigenvalue weighted by molar-refractivity contribution is 7.15. The second-order valence-electron chi connectivity index (χ2n) is 6.28. The summed E-state index contributed by atoms with van der Waals surface area (Å²) in [5.41, 5.74) is 3.40. The van der Waals surface area contributed by atoms with Crippen molar-refractivity contribution in [3.63, 3.8) is 0 Å². The Hall–Kier alpha value is -3.18. The van der Waals surface area contributed by atoms with E-state index in [0.29, 0.717) is 10.9 Å². The lowest BCUT2D eigenvalue weighted by atomic mass is 10.1. The van der Waals surface area contributed by atoms with Crippen molar-refractivity contribution in [1.82, 2.24) is 4.98 Å². The summed E-state index contributed by atoms with van der Waals surface area (Å²) in [7, 11) is 0. The van der Waals surface area contributed by atoms with Crippen LogP contribution in [0.1, 0.15) is 26.6 Å². The molecule has 0 aliphatic carbocycles. The fraction of sp³-hybridized carbons (Fsp3) is 0.0909. The summed E-state index contributed by atoms with van der Waals surface area (Å²) >= 11 is 1.47. The van der Waals surface area contributed by atoms with Crippen LogP contribution >= 0.6 is 11.3 Å². The zero-order valence-corrected chi connectivity index (χ0v) is 15.6. The van der Waals surface area contributed by atoms with Crippen LogP contribution in [0.25, 0.3) is 11.3 Å². The number of aromatic nitrogens is 1. The Labute approximate surface area is 161 Å². The zero-order valence-electron chi connectivity index (χ0n) is 14.8. The number of furan rings is 1. The monoisotopic (exact) mass is 374 g/mol. The maximum atomic E-state index is 12.4. The molecule has 0 fully saturated rings. The molecule has 0 atom stereocenters. The maximum Gasteiger partial charge on any atom is 0.293 e. The van der Waals surface area contributed by atoms with E-state index in [0.717, 1.165) is 16.9 Å². The van der Waals surface area contributed by atoms with Gasteiger partial charge in [0.05, 0.1) is 0 Å². The Kier molecular flexibility index (Phi) is 4.85. The molecule has 2 aromatic carbocycles. The van der Waals surface area contributed by atoms with Crippen molar-refractivity contribution in [2.45, 2.75) is 13.3 Å². The number of amides is 1. The molecule has 134 valence electrons. The highest BCUT2D eigenvalue weighted by atomic mass is 32.1. The van der Waals surface area contributed by atoms with Crippen LogP contribution in [0.15, 0.2) is 77.3 Å². The fourth-order valence-electron chi connectivity index (χ4n) is 2.73. The third-order valence-corrected chi connectivity index (χ3v) is 5.07. The largest absolute Gasteiger partial charge is 0.451 e. The second kappa shape index (κ2) is 7.60. The first-order valence-electron chi connectivity index (χ1n) is 8.64. The first kappa shape index (κ1) is 17.2. The second-order valence-corrected chi connectivity index (χ2v) is 7.39. The average molecular weight is 374 g/mol. The van der Waals surface area contributed by atoms with Gasteiger partial charge in [0.15, 0.2) is 10.9 Å². The molecule has 0 bridgehead atoms. The van der Waals surface area contributed by atoms with Crippen LogP contribution in [-0.2, 0) is 6.42 Å². The summed E-state index contributed by atoms with van der Waals surface area (Å²) < 4.78 is 5.68. The molecule has 0 saturated carbocycles. The van der Waals surface area contributed by atoms with E-state index >= 15 is 0 Å². The lowest BCUT2D eigenvalue weighted by Gasteiger charge is -2.00. The molecule has 0 aliphatic rings. The summed E-state index contributed by atoms with van der Waals surface area (Å²) in [5.74, 6) is 0.637. The molecule has 1 amide bonds. The molecular formula is C22H18N2O2S. The van der Waals surface area contributed by atoms with E-state index < -0.39 is 0 Å². The van der Waals surface area contributed by atoms with Gasteiger partial charge in [-0.05, 0) is 24.6 Å². The summed E-state index contributed by atoms with van der Waals surface area (Å²) in [5, 5.41) is 3.38. The summed E-state index contributed by atoms with van der Waals surface area (Å²) in [6.45, 7) is 2.07. The van der Waals surface area contributed by atoms with Gasteiger partial charge in [0.2, 0.25) is 0 Å². The quantitative estimate of drug-likeness (QED) is 0.498. The van der Waals surface area contributed by atoms with Crippen LogP contribution in [0.5, 0.6) is 0 Å². The number of carbonyl (C=O) groups excluding carboxylic acids is 1. The summed E-state index contributed by atoms with van der Waals surface area (Å²) in [6.07, 6.45) is 2.60. The molecule has 27 heavy (non-hydrogen) atoms. The molecule has 4 aromatic rings. The van der Waals surface area contributed by atoms with Crippen LogP contribution in [0.4, 0.5) is 5.13 Å². The lowest BCUT2D eigenvalue weighted by Crippen LogP contribution is -2.10. The first-order chi connectivity index (χ1) is 13.2. The molecule has 0 saturated heterocycles. The highest BCUT2D eigenvalue weighted by Crippen LogP contribution is 2.24. The Morgan fingerprint density at radius 1 is 1.04 bits per heavy atom. The molecule has 0 spiro atoms. The number of nitrogens with one attached hydrogen (secondary N) is 1. The molecule has 0 radical (unpaired) electrons. The van der Waals surface area contributed by atoms with E-state index in [1.165, 1.54) is 22.5 Å². The van der Waals surface area contributed by atoms with E-state index in [9.17, 15) is 4.79 Å². The van der Waals surface area contributed by atoms with Crippen LogP contribution in [0, 0.1) is 6.92 Å². The summed E-state index contributed by atoms with van der Waals surface area (Å²) in [6, 6.07) is 21.6. The number of benzene rings is 2.